The van der Waals surface area contributed by atoms with Crippen LogP contribution in [0.15, 0.2) is 55.0 Å². The van der Waals surface area contributed by atoms with Gasteiger partial charge in [-0.15, -0.1) is 0 Å². The Bertz CT molecular complexity index is 1330. The summed E-state index contributed by atoms with van der Waals surface area (Å²) in [5.74, 6) is 0. The van der Waals surface area contributed by atoms with Crippen LogP contribution in [0.1, 0.15) is 54.1 Å². The molecule has 0 N–H and O–H groups in total. The van der Waals surface area contributed by atoms with Crippen LogP contribution in [0.3, 0.4) is 0 Å². The third-order valence-corrected chi connectivity index (χ3v) is 5.76. The van der Waals surface area contributed by atoms with Crippen LogP contribution in [-0.2, 0) is 11.8 Å². The average molecular weight is 369 g/mol. The van der Waals surface area contributed by atoms with Crippen molar-refractivity contribution in [2.24, 2.45) is 5.41 Å². The topological polar surface area (TPSA) is 25.8 Å². The minimum absolute atomic E-state index is 0.297. The molecule has 2 aromatic carbocycles. The number of nitrogens with zero attached hydrogens (tertiary/aromatic N) is 2. The van der Waals surface area contributed by atoms with E-state index in [4.69, 9.17) is 7.73 Å². The standard InChI is InChI=1S/C26H26N2/c1-25(2,3)14-16-12-17-8-11-28-24-20-7-6-18-15-27-10-9-19(18)23(20)26(4,5)21(13-16)22(17)24/h6-13,15H,14H2,1-5H3/i14D2. The molecule has 2 heterocycles. The molecule has 28 heavy (non-hydrogen) atoms. The van der Waals surface area contributed by atoms with Gasteiger partial charge in [-0.1, -0.05) is 58.9 Å². The van der Waals surface area contributed by atoms with Gasteiger partial charge in [0, 0.05) is 43.1 Å². The van der Waals surface area contributed by atoms with Crippen LogP contribution < -0.4 is 0 Å². The average Bonchev–Trinajstić information content (AvgIpc) is 2.70. The van der Waals surface area contributed by atoms with Crippen LogP contribution in [-0.4, -0.2) is 9.97 Å². The maximum atomic E-state index is 8.89. The number of fused-ring (bicyclic) bond motifs is 4. The van der Waals surface area contributed by atoms with Gasteiger partial charge in [-0.25, -0.2) is 0 Å². The van der Waals surface area contributed by atoms with Gasteiger partial charge in [0.2, 0.25) is 0 Å². The summed E-state index contributed by atoms with van der Waals surface area (Å²) in [5.41, 5.74) is 4.44. The fourth-order valence-electron chi connectivity index (χ4n) is 4.69. The molecule has 0 spiro atoms. The Kier molecular flexibility index (Phi) is 3.06. The quantitative estimate of drug-likeness (QED) is 0.374. The first kappa shape index (κ1) is 15.2. The van der Waals surface area contributed by atoms with Crippen molar-refractivity contribution in [3.8, 4) is 11.3 Å². The molecule has 0 bridgehead atoms. The Morgan fingerprint density at radius 2 is 1.82 bits per heavy atom. The molecule has 5 rings (SSSR count). The number of benzene rings is 2. The molecule has 140 valence electrons. The molecule has 0 amide bonds. The van der Waals surface area contributed by atoms with Crippen LogP contribution in [0.4, 0.5) is 0 Å². The molecular formula is C26H26N2. The minimum atomic E-state index is -1.46. The zero-order valence-corrected chi connectivity index (χ0v) is 17.1. The van der Waals surface area contributed by atoms with E-state index in [9.17, 15) is 0 Å². The summed E-state index contributed by atoms with van der Waals surface area (Å²) in [5, 5.41) is 4.48. The highest BCUT2D eigenvalue weighted by atomic mass is 14.7. The number of aromatic nitrogens is 2. The first-order valence-electron chi connectivity index (χ1n) is 10.8. The van der Waals surface area contributed by atoms with Gasteiger partial charge in [-0.2, -0.15) is 0 Å². The van der Waals surface area contributed by atoms with E-state index in [1.54, 1.807) is 0 Å². The van der Waals surface area contributed by atoms with Gasteiger partial charge in [-0.3, -0.25) is 9.97 Å². The molecule has 0 aliphatic heterocycles. The van der Waals surface area contributed by atoms with E-state index >= 15 is 0 Å². The predicted octanol–water partition coefficient (Wildman–Crippen LogP) is 6.68. The summed E-state index contributed by atoms with van der Waals surface area (Å²) in [6.07, 6.45) is 4.14. The van der Waals surface area contributed by atoms with Crippen LogP contribution in [0.2, 0.25) is 0 Å². The second-order valence-electron chi connectivity index (χ2n) is 9.37. The van der Waals surface area contributed by atoms with Crippen molar-refractivity contribution in [3.05, 3.63) is 71.7 Å². The molecule has 0 unspecified atom stereocenters. The number of hydrogen-bond acceptors (Lipinski definition) is 2. The molecule has 2 heteroatoms. The highest BCUT2D eigenvalue weighted by Gasteiger charge is 2.36. The summed E-state index contributed by atoms with van der Waals surface area (Å²) in [6.45, 7) is 10.4. The van der Waals surface area contributed by atoms with Crippen LogP contribution in [0.25, 0.3) is 32.8 Å². The summed E-state index contributed by atoms with van der Waals surface area (Å²) >= 11 is 0. The molecule has 0 fully saturated rings. The van der Waals surface area contributed by atoms with E-state index < -0.39 is 11.8 Å². The van der Waals surface area contributed by atoms with Crippen LogP contribution in [0, 0.1) is 5.41 Å². The van der Waals surface area contributed by atoms with Gasteiger partial charge in [-0.05, 0) is 51.4 Å². The Morgan fingerprint density at radius 3 is 2.61 bits per heavy atom. The lowest BCUT2D eigenvalue weighted by Gasteiger charge is -2.36. The molecule has 0 saturated heterocycles. The lowest BCUT2D eigenvalue weighted by molar-refractivity contribution is 0.411. The maximum Gasteiger partial charge on any atom is 0.0786 e. The van der Waals surface area contributed by atoms with Crippen LogP contribution in [0.5, 0.6) is 0 Å². The monoisotopic (exact) mass is 368 g/mol. The van der Waals surface area contributed by atoms with Gasteiger partial charge in [0.25, 0.3) is 0 Å². The Morgan fingerprint density at radius 1 is 1.00 bits per heavy atom. The van der Waals surface area contributed by atoms with Crippen molar-refractivity contribution >= 4 is 21.5 Å². The van der Waals surface area contributed by atoms with Gasteiger partial charge < -0.3 is 0 Å². The Hall–Kier alpha value is -2.74. The highest BCUT2D eigenvalue weighted by molar-refractivity contribution is 6.05. The SMILES string of the molecule is [2H]C([2H])(c1cc2c3c(nccc3c1)-c1ccc3cnccc3c1C2(C)C)C(C)(C)C. The lowest BCUT2D eigenvalue weighted by atomic mass is 9.67. The van der Waals surface area contributed by atoms with Crippen molar-refractivity contribution in [3.63, 3.8) is 0 Å². The van der Waals surface area contributed by atoms with Gasteiger partial charge in [0.1, 0.15) is 0 Å². The van der Waals surface area contributed by atoms with Gasteiger partial charge in [0.05, 0.1) is 5.69 Å². The number of hydrogen-bond donors (Lipinski definition) is 0. The first-order valence-corrected chi connectivity index (χ1v) is 9.85. The lowest BCUT2D eigenvalue weighted by Crippen LogP contribution is -2.25. The molecule has 2 nitrogen and oxygen atoms in total. The fourth-order valence-corrected chi connectivity index (χ4v) is 4.69. The largest absolute Gasteiger partial charge is 0.264 e. The number of pyridine rings is 2. The van der Waals surface area contributed by atoms with Crippen molar-refractivity contribution in [2.45, 2.75) is 46.4 Å². The summed E-state index contributed by atoms with van der Waals surface area (Å²) < 4.78 is 17.8. The molecule has 0 radical (unpaired) electrons. The zero-order chi connectivity index (χ0) is 21.5. The van der Waals surface area contributed by atoms with Crippen molar-refractivity contribution in [1.29, 1.82) is 0 Å². The van der Waals surface area contributed by atoms with E-state index in [1.165, 1.54) is 10.9 Å². The summed E-state index contributed by atoms with van der Waals surface area (Å²) in [4.78, 5) is 9.08. The molecule has 0 atom stereocenters. The van der Waals surface area contributed by atoms with Gasteiger partial charge in [0.15, 0.2) is 0 Å². The molecule has 2 aromatic heterocycles. The smallest absolute Gasteiger partial charge is 0.0786 e. The Labute approximate surface area is 169 Å². The first-order chi connectivity index (χ1) is 14.0. The predicted molar refractivity (Wildman–Crippen MR) is 118 cm³/mol. The van der Waals surface area contributed by atoms with E-state index in [2.05, 4.69) is 43.1 Å². The maximum absolute atomic E-state index is 8.89. The third-order valence-electron chi connectivity index (χ3n) is 5.76. The Balaban J connectivity index is 1.93. The summed E-state index contributed by atoms with van der Waals surface area (Å²) in [6, 6.07) is 12.5. The molecule has 1 aliphatic rings. The molecular weight excluding hydrogens is 340 g/mol. The van der Waals surface area contributed by atoms with Crippen LogP contribution >= 0.6 is 0 Å². The highest BCUT2D eigenvalue weighted by Crippen LogP contribution is 2.50. The third kappa shape index (κ3) is 2.47. The molecule has 1 aliphatic carbocycles. The molecule has 4 aromatic rings. The minimum Gasteiger partial charge on any atom is -0.264 e. The zero-order valence-electron chi connectivity index (χ0n) is 19.1. The van der Waals surface area contributed by atoms with E-state index in [0.29, 0.717) is 0 Å². The second kappa shape index (κ2) is 5.64. The molecule has 0 saturated carbocycles. The van der Waals surface area contributed by atoms with E-state index in [1.807, 2.05) is 51.5 Å². The van der Waals surface area contributed by atoms with Gasteiger partial charge >= 0.3 is 0 Å². The second-order valence-corrected chi connectivity index (χ2v) is 9.37. The fraction of sp³-hybridized carbons (Fsp3) is 0.308. The van der Waals surface area contributed by atoms with Crippen molar-refractivity contribution < 1.29 is 2.74 Å². The van der Waals surface area contributed by atoms with E-state index in [0.717, 1.165) is 38.5 Å². The summed E-state index contributed by atoms with van der Waals surface area (Å²) in [7, 11) is 0. The van der Waals surface area contributed by atoms with Crippen molar-refractivity contribution in [1.82, 2.24) is 9.97 Å². The normalized spacial score (nSPS) is 16.6. The van der Waals surface area contributed by atoms with Crippen molar-refractivity contribution in [2.75, 3.05) is 0 Å². The number of rotatable bonds is 1. The van der Waals surface area contributed by atoms with E-state index in [-0.39, 0.29) is 5.41 Å².